The van der Waals surface area contributed by atoms with Crippen LogP contribution in [0.15, 0.2) is 5.38 Å². The monoisotopic (exact) mass is 297 g/mol. The summed E-state index contributed by atoms with van der Waals surface area (Å²) in [6.07, 6.45) is 1.04. The second-order valence-electron chi connectivity index (χ2n) is 6.23. The van der Waals surface area contributed by atoms with Gasteiger partial charge in [-0.15, -0.1) is 0 Å². The maximum absolute atomic E-state index is 5.98. The zero-order valence-corrected chi connectivity index (χ0v) is 13.2. The summed E-state index contributed by atoms with van der Waals surface area (Å²) in [6.45, 7) is 9.55. The summed E-state index contributed by atoms with van der Waals surface area (Å²) in [5.74, 6) is 0. The molecule has 1 aromatic rings. The van der Waals surface area contributed by atoms with Gasteiger partial charge in [-0.1, -0.05) is 11.3 Å². The third-order valence-electron chi connectivity index (χ3n) is 4.15. The summed E-state index contributed by atoms with van der Waals surface area (Å²) in [7, 11) is -0.423. The summed E-state index contributed by atoms with van der Waals surface area (Å²) in [4.78, 5) is 4.48. The van der Waals surface area contributed by atoms with E-state index >= 15 is 0 Å². The van der Waals surface area contributed by atoms with E-state index in [1.54, 1.807) is 0 Å². The standard InChI is InChI=1S/C13H20BNO4S/c1-12(2)13(3,4)19-14(18-12)10-8-20-11(15-10)17-9-5-6-16-7-9/h8-9H,5-7H2,1-4H3. The van der Waals surface area contributed by atoms with Gasteiger partial charge in [0, 0.05) is 11.8 Å². The van der Waals surface area contributed by atoms with Crippen LogP contribution in [0.2, 0.25) is 0 Å². The van der Waals surface area contributed by atoms with Gasteiger partial charge in [-0.2, -0.15) is 0 Å². The van der Waals surface area contributed by atoms with Crippen LogP contribution in [-0.4, -0.2) is 42.6 Å². The molecule has 5 nitrogen and oxygen atoms in total. The van der Waals surface area contributed by atoms with Gasteiger partial charge in [0.25, 0.3) is 5.19 Å². The fourth-order valence-electron chi connectivity index (χ4n) is 2.14. The fourth-order valence-corrected chi connectivity index (χ4v) is 2.88. The van der Waals surface area contributed by atoms with Gasteiger partial charge in [0.1, 0.15) is 6.10 Å². The van der Waals surface area contributed by atoms with E-state index < -0.39 is 7.12 Å². The zero-order valence-electron chi connectivity index (χ0n) is 12.3. The van der Waals surface area contributed by atoms with Crippen molar-refractivity contribution in [2.24, 2.45) is 0 Å². The van der Waals surface area contributed by atoms with Crippen molar-refractivity contribution in [2.75, 3.05) is 13.2 Å². The van der Waals surface area contributed by atoms with Crippen molar-refractivity contribution in [1.29, 1.82) is 0 Å². The lowest BCUT2D eigenvalue weighted by molar-refractivity contribution is 0.00578. The summed E-state index contributed by atoms with van der Waals surface area (Å²) in [6, 6.07) is 0. The molecular weight excluding hydrogens is 277 g/mol. The van der Waals surface area contributed by atoms with Crippen molar-refractivity contribution in [2.45, 2.75) is 51.4 Å². The van der Waals surface area contributed by atoms with Crippen LogP contribution in [-0.2, 0) is 14.0 Å². The molecule has 3 heterocycles. The van der Waals surface area contributed by atoms with Crippen LogP contribution in [0.3, 0.4) is 0 Å². The molecule has 0 bridgehead atoms. The molecular formula is C13H20BNO4S. The molecule has 0 amide bonds. The first kappa shape index (κ1) is 14.3. The first-order valence-electron chi connectivity index (χ1n) is 6.93. The smallest absolute Gasteiger partial charge is 0.464 e. The molecule has 0 spiro atoms. The lowest BCUT2D eigenvalue weighted by Crippen LogP contribution is -2.41. The van der Waals surface area contributed by atoms with Crippen LogP contribution < -0.4 is 10.3 Å². The third-order valence-corrected chi connectivity index (χ3v) is 4.90. The zero-order chi connectivity index (χ0) is 14.4. The molecule has 2 aliphatic heterocycles. The van der Waals surface area contributed by atoms with Crippen LogP contribution in [0.4, 0.5) is 0 Å². The SMILES string of the molecule is CC1(C)OB(c2csc(OC3CCOC3)n2)OC1(C)C. The molecule has 2 aliphatic rings. The Labute approximate surface area is 123 Å². The van der Waals surface area contributed by atoms with Crippen LogP contribution in [0.25, 0.3) is 0 Å². The molecule has 2 saturated heterocycles. The van der Waals surface area contributed by atoms with Gasteiger partial charge in [-0.3, -0.25) is 0 Å². The van der Waals surface area contributed by atoms with Crippen molar-refractivity contribution in [1.82, 2.24) is 4.98 Å². The summed E-state index contributed by atoms with van der Waals surface area (Å²) >= 11 is 1.47. The Morgan fingerprint density at radius 1 is 1.30 bits per heavy atom. The minimum absolute atomic E-state index is 0.118. The van der Waals surface area contributed by atoms with Gasteiger partial charge in [-0.05, 0) is 27.7 Å². The molecule has 2 fully saturated rings. The Kier molecular flexibility index (Phi) is 3.57. The van der Waals surface area contributed by atoms with Crippen molar-refractivity contribution in [3.05, 3.63) is 5.38 Å². The highest BCUT2D eigenvalue weighted by atomic mass is 32.1. The highest BCUT2D eigenvalue weighted by molar-refractivity contribution is 7.12. The molecule has 1 aromatic heterocycles. The molecule has 0 N–H and O–H groups in total. The molecule has 0 radical (unpaired) electrons. The topological polar surface area (TPSA) is 49.8 Å². The maximum Gasteiger partial charge on any atom is 0.515 e. The average Bonchev–Trinajstić information content (AvgIpc) is 3.02. The Balaban J connectivity index is 1.68. The van der Waals surface area contributed by atoms with E-state index in [4.69, 9.17) is 18.8 Å². The van der Waals surface area contributed by atoms with Crippen LogP contribution in [0.5, 0.6) is 5.19 Å². The Bertz CT molecular complexity index is 468. The number of thiazole rings is 1. The quantitative estimate of drug-likeness (QED) is 0.793. The predicted octanol–water partition coefficient (Wildman–Crippen LogP) is 1.61. The Morgan fingerprint density at radius 2 is 2.00 bits per heavy atom. The molecule has 1 atom stereocenters. The second kappa shape index (κ2) is 4.98. The fraction of sp³-hybridized carbons (Fsp3) is 0.769. The van der Waals surface area contributed by atoms with Crippen LogP contribution in [0, 0.1) is 0 Å². The van der Waals surface area contributed by atoms with E-state index in [9.17, 15) is 0 Å². The number of hydrogen-bond donors (Lipinski definition) is 0. The molecule has 1 unspecified atom stereocenters. The van der Waals surface area contributed by atoms with E-state index in [1.807, 2.05) is 33.1 Å². The lowest BCUT2D eigenvalue weighted by Gasteiger charge is -2.32. The van der Waals surface area contributed by atoms with Crippen LogP contribution in [0.1, 0.15) is 34.1 Å². The van der Waals surface area contributed by atoms with Gasteiger partial charge in [-0.25, -0.2) is 4.98 Å². The third kappa shape index (κ3) is 2.59. The molecule has 0 saturated carbocycles. The largest absolute Gasteiger partial charge is 0.515 e. The summed E-state index contributed by atoms with van der Waals surface area (Å²) in [5.41, 5.74) is 0.0889. The van der Waals surface area contributed by atoms with Gasteiger partial charge in [0.2, 0.25) is 0 Å². The van der Waals surface area contributed by atoms with E-state index in [-0.39, 0.29) is 17.3 Å². The van der Waals surface area contributed by atoms with Gasteiger partial charge < -0.3 is 18.8 Å². The van der Waals surface area contributed by atoms with Crippen molar-refractivity contribution >= 4 is 24.0 Å². The summed E-state index contributed by atoms with van der Waals surface area (Å²) in [5, 5.41) is 2.60. The minimum atomic E-state index is -0.423. The molecule has 3 rings (SSSR count). The number of aromatic nitrogens is 1. The van der Waals surface area contributed by atoms with E-state index in [0.717, 1.165) is 18.6 Å². The highest BCUT2D eigenvalue weighted by Gasteiger charge is 2.52. The molecule has 0 aromatic carbocycles. The average molecular weight is 297 g/mol. The van der Waals surface area contributed by atoms with Gasteiger partial charge in [0.15, 0.2) is 0 Å². The molecule has 0 aliphatic carbocycles. The number of hydrogen-bond acceptors (Lipinski definition) is 6. The first-order chi connectivity index (χ1) is 9.37. The first-order valence-corrected chi connectivity index (χ1v) is 7.81. The highest BCUT2D eigenvalue weighted by Crippen LogP contribution is 2.36. The predicted molar refractivity (Wildman–Crippen MR) is 77.7 cm³/mol. The van der Waals surface area contributed by atoms with Gasteiger partial charge >= 0.3 is 7.12 Å². The number of nitrogens with zero attached hydrogens (tertiary/aromatic N) is 1. The molecule has 110 valence electrons. The number of rotatable bonds is 3. The molecule has 20 heavy (non-hydrogen) atoms. The summed E-state index contributed by atoms with van der Waals surface area (Å²) < 4.78 is 23.0. The Morgan fingerprint density at radius 3 is 2.60 bits per heavy atom. The molecule has 7 heteroatoms. The van der Waals surface area contributed by atoms with Crippen LogP contribution >= 0.6 is 11.3 Å². The van der Waals surface area contributed by atoms with Crippen molar-refractivity contribution < 1.29 is 18.8 Å². The van der Waals surface area contributed by atoms with E-state index in [1.165, 1.54) is 11.3 Å². The van der Waals surface area contributed by atoms with Gasteiger partial charge in [0.05, 0.1) is 30.0 Å². The normalized spacial score (nSPS) is 28.0. The minimum Gasteiger partial charge on any atom is -0.464 e. The van der Waals surface area contributed by atoms with E-state index in [0.29, 0.717) is 11.8 Å². The van der Waals surface area contributed by atoms with E-state index in [2.05, 4.69) is 4.98 Å². The lowest BCUT2D eigenvalue weighted by atomic mass is 9.86. The maximum atomic E-state index is 5.98. The second-order valence-corrected chi connectivity index (χ2v) is 7.05. The number of ether oxygens (including phenoxy) is 2. The van der Waals surface area contributed by atoms with Crippen molar-refractivity contribution in [3.63, 3.8) is 0 Å². The van der Waals surface area contributed by atoms with Crippen molar-refractivity contribution in [3.8, 4) is 5.19 Å². The Hall–Kier alpha value is -0.625.